The average Bonchev–Trinajstić information content (AvgIpc) is 3.15. The Balaban J connectivity index is 1.57. The number of hydrogen-bond acceptors (Lipinski definition) is 6. The third kappa shape index (κ3) is 7.06. The zero-order valence-corrected chi connectivity index (χ0v) is 23.0. The number of nitrogens with one attached hydrogen (secondary N) is 1. The Morgan fingerprint density at radius 2 is 1.69 bits per heavy atom. The second kappa shape index (κ2) is 12.9. The Labute approximate surface area is 229 Å². The van der Waals surface area contributed by atoms with E-state index in [-0.39, 0.29) is 4.90 Å². The van der Waals surface area contributed by atoms with Crippen LogP contribution >= 0.6 is 0 Å². The summed E-state index contributed by atoms with van der Waals surface area (Å²) in [6.07, 6.45) is 4.21. The van der Waals surface area contributed by atoms with Crippen LogP contribution in [-0.4, -0.2) is 52.9 Å². The van der Waals surface area contributed by atoms with E-state index in [1.807, 2.05) is 47.4 Å². The Kier molecular flexibility index (Phi) is 9.40. The minimum absolute atomic E-state index is 0.167. The number of anilines is 2. The summed E-state index contributed by atoms with van der Waals surface area (Å²) in [5.41, 5.74) is 4.64. The van der Waals surface area contributed by atoms with E-state index < -0.39 is 16.0 Å². The highest BCUT2D eigenvalue weighted by Crippen LogP contribution is 2.37. The molecule has 1 heterocycles. The van der Waals surface area contributed by atoms with Gasteiger partial charge in [-0.05, 0) is 91.2 Å². The van der Waals surface area contributed by atoms with Gasteiger partial charge in [-0.15, -0.1) is 0 Å². The molecule has 0 fully saturated rings. The molecule has 0 saturated heterocycles. The third-order valence-corrected chi connectivity index (χ3v) is 8.01. The first-order chi connectivity index (χ1) is 18.8. The van der Waals surface area contributed by atoms with Crippen LogP contribution in [0.3, 0.4) is 0 Å². The SMILES string of the molecule is CCCCOCCOc1ccc(-c2ccc3c(c2)C=C(C(=O)O)CCN3c2ccc(S(=O)(=O)NC)cc2)cc1. The van der Waals surface area contributed by atoms with Crippen molar-refractivity contribution >= 4 is 33.4 Å². The van der Waals surface area contributed by atoms with E-state index in [1.165, 1.54) is 7.05 Å². The zero-order valence-electron chi connectivity index (χ0n) is 22.2. The lowest BCUT2D eigenvalue weighted by molar-refractivity contribution is -0.132. The van der Waals surface area contributed by atoms with Crippen molar-refractivity contribution in [2.45, 2.75) is 31.1 Å². The van der Waals surface area contributed by atoms with Gasteiger partial charge in [-0.3, -0.25) is 0 Å². The van der Waals surface area contributed by atoms with Crippen molar-refractivity contribution in [2.75, 3.05) is 38.3 Å². The summed E-state index contributed by atoms with van der Waals surface area (Å²) in [4.78, 5) is 14.1. The van der Waals surface area contributed by atoms with Gasteiger partial charge in [-0.1, -0.05) is 31.5 Å². The fourth-order valence-corrected chi connectivity index (χ4v) is 5.11. The van der Waals surface area contributed by atoms with Gasteiger partial charge in [-0.25, -0.2) is 17.9 Å². The summed E-state index contributed by atoms with van der Waals surface area (Å²) in [6.45, 7) is 4.36. The Bertz CT molecular complexity index is 1420. The molecule has 0 unspecified atom stereocenters. The van der Waals surface area contributed by atoms with Crippen molar-refractivity contribution in [1.82, 2.24) is 4.72 Å². The first-order valence-corrected chi connectivity index (χ1v) is 14.5. The van der Waals surface area contributed by atoms with Gasteiger partial charge in [0.15, 0.2) is 0 Å². The number of carboxylic acids is 1. The van der Waals surface area contributed by atoms with E-state index in [0.29, 0.717) is 31.8 Å². The van der Waals surface area contributed by atoms with E-state index in [1.54, 1.807) is 30.3 Å². The number of nitrogens with zero attached hydrogens (tertiary/aromatic N) is 1. The smallest absolute Gasteiger partial charge is 0.331 e. The summed E-state index contributed by atoms with van der Waals surface area (Å²) in [5, 5.41) is 9.76. The molecule has 0 saturated carbocycles. The van der Waals surface area contributed by atoms with E-state index >= 15 is 0 Å². The quantitative estimate of drug-likeness (QED) is 0.288. The van der Waals surface area contributed by atoms with Gasteiger partial charge in [0, 0.05) is 30.1 Å². The number of carboxylic acid groups (broad SMARTS) is 1. The maximum Gasteiger partial charge on any atom is 0.331 e. The number of aliphatic carboxylic acids is 1. The molecule has 0 spiro atoms. The van der Waals surface area contributed by atoms with Gasteiger partial charge in [0.05, 0.1) is 11.5 Å². The van der Waals surface area contributed by atoms with E-state index in [4.69, 9.17) is 9.47 Å². The molecule has 0 bridgehead atoms. The lowest BCUT2D eigenvalue weighted by Crippen LogP contribution is -2.20. The molecule has 4 rings (SSSR count). The number of carbonyl (C=O) groups is 1. The number of rotatable bonds is 12. The first kappa shape index (κ1) is 28.4. The molecule has 0 atom stereocenters. The van der Waals surface area contributed by atoms with E-state index in [2.05, 4.69) is 11.6 Å². The molecule has 39 heavy (non-hydrogen) atoms. The van der Waals surface area contributed by atoms with Crippen LogP contribution in [-0.2, 0) is 19.6 Å². The van der Waals surface area contributed by atoms with E-state index in [0.717, 1.165) is 53.3 Å². The first-order valence-electron chi connectivity index (χ1n) is 13.0. The molecule has 0 aromatic heterocycles. The molecule has 206 valence electrons. The van der Waals surface area contributed by atoms with E-state index in [9.17, 15) is 18.3 Å². The van der Waals surface area contributed by atoms with Gasteiger partial charge >= 0.3 is 5.97 Å². The molecule has 8 nitrogen and oxygen atoms in total. The number of sulfonamides is 1. The third-order valence-electron chi connectivity index (χ3n) is 6.58. The van der Waals surface area contributed by atoms with Gasteiger partial charge < -0.3 is 19.5 Å². The van der Waals surface area contributed by atoms with Crippen molar-refractivity contribution in [1.29, 1.82) is 0 Å². The van der Waals surface area contributed by atoms with Crippen LogP contribution in [0.1, 0.15) is 31.7 Å². The van der Waals surface area contributed by atoms with Crippen LogP contribution in [0.5, 0.6) is 5.75 Å². The van der Waals surface area contributed by atoms with Crippen molar-refractivity contribution < 1.29 is 27.8 Å². The Morgan fingerprint density at radius 3 is 2.36 bits per heavy atom. The largest absolute Gasteiger partial charge is 0.491 e. The normalized spacial score (nSPS) is 13.4. The standard InChI is InChI=1S/C30H34N2O6S/c1-3-4-17-37-18-19-38-27-10-5-22(6-11-27)23-7-14-29-25(20-23)21-24(30(33)34)15-16-32(29)26-8-12-28(13-9-26)39(35,36)31-2/h5-14,20-21,31H,3-4,15-19H2,1-2H3,(H,33,34). The molecule has 3 aromatic carbocycles. The van der Waals surface area contributed by atoms with Crippen LogP contribution in [0, 0.1) is 0 Å². The van der Waals surface area contributed by atoms with Crippen LogP contribution < -0.4 is 14.4 Å². The summed E-state index contributed by atoms with van der Waals surface area (Å²) in [6, 6.07) is 20.3. The van der Waals surface area contributed by atoms with Crippen LogP contribution in [0.4, 0.5) is 11.4 Å². The molecular weight excluding hydrogens is 516 g/mol. The molecule has 9 heteroatoms. The Morgan fingerprint density at radius 1 is 0.974 bits per heavy atom. The maximum atomic E-state index is 12.1. The predicted octanol–water partition coefficient (Wildman–Crippen LogP) is 5.47. The predicted molar refractivity (Wildman–Crippen MR) is 153 cm³/mol. The summed E-state index contributed by atoms with van der Waals surface area (Å²) >= 11 is 0. The highest BCUT2D eigenvalue weighted by molar-refractivity contribution is 7.89. The minimum Gasteiger partial charge on any atom is -0.491 e. The van der Waals surface area contributed by atoms with Gasteiger partial charge in [0.1, 0.15) is 12.4 Å². The minimum atomic E-state index is -3.55. The van der Waals surface area contributed by atoms with Crippen LogP contribution in [0.25, 0.3) is 17.2 Å². The van der Waals surface area contributed by atoms with Crippen LogP contribution in [0.15, 0.2) is 77.2 Å². The zero-order chi connectivity index (χ0) is 27.8. The highest BCUT2D eigenvalue weighted by Gasteiger charge is 2.21. The molecule has 0 radical (unpaired) electrons. The molecule has 1 aliphatic rings. The van der Waals surface area contributed by atoms with Crippen molar-refractivity contribution in [2.24, 2.45) is 0 Å². The number of hydrogen-bond donors (Lipinski definition) is 2. The molecule has 1 aliphatic heterocycles. The maximum absolute atomic E-state index is 12.1. The number of benzene rings is 3. The fraction of sp³-hybridized carbons (Fsp3) is 0.300. The lowest BCUT2D eigenvalue weighted by Gasteiger charge is -2.26. The second-order valence-corrected chi connectivity index (χ2v) is 11.1. The molecule has 0 amide bonds. The summed E-state index contributed by atoms with van der Waals surface area (Å²) < 4.78 is 37.9. The Hall–Kier alpha value is -3.66. The van der Waals surface area contributed by atoms with Crippen molar-refractivity contribution in [3.05, 3.63) is 77.9 Å². The molecular formula is C30H34N2O6S. The monoisotopic (exact) mass is 550 g/mol. The van der Waals surface area contributed by atoms with Gasteiger partial charge in [-0.2, -0.15) is 0 Å². The van der Waals surface area contributed by atoms with Gasteiger partial charge in [0.2, 0.25) is 10.0 Å². The number of fused-ring (bicyclic) bond motifs is 1. The van der Waals surface area contributed by atoms with Crippen molar-refractivity contribution in [3.63, 3.8) is 0 Å². The molecule has 2 N–H and O–H groups in total. The number of unbranched alkanes of at least 4 members (excludes halogenated alkanes) is 1. The topological polar surface area (TPSA) is 105 Å². The summed E-state index contributed by atoms with van der Waals surface area (Å²) in [7, 11) is -2.18. The lowest BCUT2D eigenvalue weighted by atomic mass is 10.00. The summed E-state index contributed by atoms with van der Waals surface area (Å²) in [5.74, 6) is -0.195. The van der Waals surface area contributed by atoms with Crippen molar-refractivity contribution in [3.8, 4) is 16.9 Å². The molecule has 0 aliphatic carbocycles. The average molecular weight is 551 g/mol. The molecule has 3 aromatic rings. The second-order valence-electron chi connectivity index (χ2n) is 9.19. The number of ether oxygens (including phenoxy) is 2. The fourth-order valence-electron chi connectivity index (χ4n) is 4.38. The van der Waals surface area contributed by atoms with Crippen LogP contribution in [0.2, 0.25) is 0 Å². The highest BCUT2D eigenvalue weighted by atomic mass is 32.2. The van der Waals surface area contributed by atoms with Gasteiger partial charge in [0.25, 0.3) is 0 Å².